The van der Waals surface area contributed by atoms with Crippen molar-refractivity contribution in [1.82, 2.24) is 29.6 Å². The van der Waals surface area contributed by atoms with E-state index < -0.39 is 11.7 Å². The Labute approximate surface area is 149 Å². The Morgan fingerprint density at radius 1 is 1.36 bits per heavy atom. The van der Waals surface area contributed by atoms with Gasteiger partial charge in [0.25, 0.3) is 0 Å². The number of aryl methyl sites for hydroxylation is 1. The average Bonchev–Trinajstić information content (AvgIpc) is 3.09. The first-order valence-electron chi connectivity index (χ1n) is 7.53. The predicted molar refractivity (Wildman–Crippen MR) is 92.6 cm³/mol. The Bertz CT molecular complexity index is 941. The average molecular weight is 364 g/mol. The number of halogens is 1. The number of hydrogen-bond donors (Lipinski definition) is 0. The van der Waals surface area contributed by atoms with Gasteiger partial charge < -0.3 is 4.74 Å². The first kappa shape index (κ1) is 17.2. The van der Waals surface area contributed by atoms with Crippen molar-refractivity contribution in [2.45, 2.75) is 26.4 Å². The number of carbonyl (C=O) groups excluding carboxylic acids is 1. The summed E-state index contributed by atoms with van der Waals surface area (Å²) in [7, 11) is 3.35. The lowest BCUT2D eigenvalue weighted by atomic mass is 10.2. The first-order chi connectivity index (χ1) is 11.7. The minimum Gasteiger partial charge on any atom is -0.443 e. The van der Waals surface area contributed by atoms with Crippen LogP contribution in [0.5, 0.6) is 0 Å². The fourth-order valence-corrected chi connectivity index (χ4v) is 2.41. The van der Waals surface area contributed by atoms with Crippen LogP contribution in [0, 0.1) is 0 Å². The minimum absolute atomic E-state index is 0.226. The van der Waals surface area contributed by atoms with Gasteiger partial charge >= 0.3 is 6.09 Å². The number of anilines is 1. The van der Waals surface area contributed by atoms with Gasteiger partial charge in [-0.1, -0.05) is 16.8 Å². The second-order valence-corrected chi connectivity index (χ2v) is 6.93. The molecular formula is C15H18ClN7O2. The zero-order valence-corrected chi connectivity index (χ0v) is 15.3. The van der Waals surface area contributed by atoms with Gasteiger partial charge in [0.15, 0.2) is 5.65 Å². The topological polar surface area (TPSA) is 90.4 Å². The Morgan fingerprint density at radius 3 is 2.68 bits per heavy atom. The number of hydrogen-bond acceptors (Lipinski definition) is 6. The summed E-state index contributed by atoms with van der Waals surface area (Å²) in [6, 6.07) is 1.55. The highest BCUT2D eigenvalue weighted by molar-refractivity contribution is 6.29. The second-order valence-electron chi connectivity index (χ2n) is 6.55. The third-order valence-corrected chi connectivity index (χ3v) is 3.50. The lowest BCUT2D eigenvalue weighted by molar-refractivity contribution is 0.0587. The maximum absolute atomic E-state index is 12.4. The Balaban J connectivity index is 2.08. The van der Waals surface area contributed by atoms with Crippen molar-refractivity contribution < 1.29 is 9.53 Å². The van der Waals surface area contributed by atoms with Crippen molar-refractivity contribution in [2.24, 2.45) is 7.05 Å². The van der Waals surface area contributed by atoms with Crippen LogP contribution in [0.4, 0.5) is 10.6 Å². The van der Waals surface area contributed by atoms with E-state index in [4.69, 9.17) is 16.3 Å². The molecule has 0 saturated carbocycles. The number of carbonyl (C=O) groups is 1. The molecule has 3 rings (SSSR count). The Morgan fingerprint density at radius 2 is 2.08 bits per heavy atom. The molecule has 3 aromatic rings. The van der Waals surface area contributed by atoms with Crippen LogP contribution in [0.1, 0.15) is 20.8 Å². The zero-order chi connectivity index (χ0) is 18.4. The normalized spacial score (nSPS) is 11.8. The standard InChI is InChI=1S/C15H18ClN7O2/c1-15(2,3)25-14(24)22(5)12-6-11(16)18-13-9(7-17-23(12)13)10-8-21(4)20-19-10/h6-8H,1-5H3. The van der Waals surface area contributed by atoms with Gasteiger partial charge in [-0.25, -0.2) is 9.78 Å². The number of aromatic nitrogens is 6. The molecule has 0 fully saturated rings. The van der Waals surface area contributed by atoms with Crippen LogP contribution in [-0.2, 0) is 11.8 Å². The highest BCUT2D eigenvalue weighted by atomic mass is 35.5. The van der Waals surface area contributed by atoms with E-state index in [2.05, 4.69) is 20.4 Å². The highest BCUT2D eigenvalue weighted by Crippen LogP contribution is 2.27. The fourth-order valence-electron chi connectivity index (χ4n) is 2.23. The summed E-state index contributed by atoms with van der Waals surface area (Å²) < 4.78 is 8.49. The molecule has 0 aliphatic carbocycles. The number of fused-ring (bicyclic) bond motifs is 1. The molecule has 0 radical (unpaired) electrons. The summed E-state index contributed by atoms with van der Waals surface area (Å²) in [5, 5.41) is 12.5. The summed E-state index contributed by atoms with van der Waals surface area (Å²) in [5.74, 6) is 0.430. The molecule has 0 unspecified atom stereocenters. The van der Waals surface area contributed by atoms with E-state index in [-0.39, 0.29) is 5.15 Å². The lowest BCUT2D eigenvalue weighted by Gasteiger charge is -2.24. The first-order valence-corrected chi connectivity index (χ1v) is 7.91. The van der Waals surface area contributed by atoms with Gasteiger partial charge in [-0.15, -0.1) is 5.10 Å². The summed E-state index contributed by atoms with van der Waals surface area (Å²) in [5.41, 5.74) is 1.13. The number of amides is 1. The molecule has 0 aromatic carbocycles. The van der Waals surface area contributed by atoms with Gasteiger partial charge in [-0.2, -0.15) is 9.61 Å². The summed E-state index contributed by atoms with van der Waals surface area (Å²) in [6.07, 6.45) is 2.83. The quantitative estimate of drug-likeness (QED) is 0.650. The predicted octanol–water partition coefficient (Wildman–Crippen LogP) is 2.55. The second kappa shape index (κ2) is 5.99. The van der Waals surface area contributed by atoms with Crippen LogP contribution in [0.3, 0.4) is 0 Å². The molecule has 0 saturated heterocycles. The highest BCUT2D eigenvalue weighted by Gasteiger charge is 2.24. The van der Waals surface area contributed by atoms with Crippen LogP contribution in [0.25, 0.3) is 16.9 Å². The summed E-state index contributed by atoms with van der Waals surface area (Å²) in [6.45, 7) is 5.40. The molecule has 9 nitrogen and oxygen atoms in total. The van der Waals surface area contributed by atoms with Gasteiger partial charge in [0, 0.05) is 20.2 Å². The van der Waals surface area contributed by atoms with E-state index in [0.29, 0.717) is 22.7 Å². The third kappa shape index (κ3) is 3.41. The van der Waals surface area contributed by atoms with Crippen molar-refractivity contribution in [3.63, 3.8) is 0 Å². The SMILES string of the molecule is CN(C(=O)OC(C)(C)C)c1cc(Cl)nc2c(-c3cn(C)nn3)cnn12. The van der Waals surface area contributed by atoms with Crippen LogP contribution in [-0.4, -0.2) is 48.3 Å². The molecule has 0 aliphatic rings. The van der Waals surface area contributed by atoms with Crippen LogP contribution >= 0.6 is 11.6 Å². The molecule has 0 atom stereocenters. The third-order valence-electron chi connectivity index (χ3n) is 3.31. The number of ether oxygens (including phenoxy) is 1. The Hall–Kier alpha value is -2.68. The van der Waals surface area contributed by atoms with Gasteiger partial charge in [0.1, 0.15) is 22.3 Å². The van der Waals surface area contributed by atoms with E-state index in [1.165, 1.54) is 9.42 Å². The smallest absolute Gasteiger partial charge is 0.415 e. The molecule has 0 spiro atoms. The molecule has 25 heavy (non-hydrogen) atoms. The number of rotatable bonds is 2. The fraction of sp³-hybridized carbons (Fsp3) is 0.400. The zero-order valence-electron chi connectivity index (χ0n) is 14.6. The van der Waals surface area contributed by atoms with Crippen molar-refractivity contribution in [1.29, 1.82) is 0 Å². The van der Waals surface area contributed by atoms with Crippen molar-refractivity contribution in [2.75, 3.05) is 11.9 Å². The molecule has 0 aliphatic heterocycles. The van der Waals surface area contributed by atoms with Crippen molar-refractivity contribution >= 4 is 29.2 Å². The maximum atomic E-state index is 12.4. The molecule has 132 valence electrons. The van der Waals surface area contributed by atoms with Crippen molar-refractivity contribution in [3.8, 4) is 11.3 Å². The minimum atomic E-state index is -0.615. The Kier molecular flexibility index (Phi) is 4.11. The molecule has 0 bridgehead atoms. The van der Waals surface area contributed by atoms with Crippen LogP contribution in [0.2, 0.25) is 5.15 Å². The van der Waals surface area contributed by atoms with Gasteiger partial charge in [0.2, 0.25) is 0 Å². The van der Waals surface area contributed by atoms with Gasteiger partial charge in [-0.05, 0) is 20.8 Å². The molecular weight excluding hydrogens is 346 g/mol. The van der Waals surface area contributed by atoms with E-state index in [0.717, 1.165) is 0 Å². The van der Waals surface area contributed by atoms with Gasteiger partial charge in [-0.3, -0.25) is 9.58 Å². The van der Waals surface area contributed by atoms with E-state index in [1.54, 1.807) is 58.0 Å². The molecule has 1 amide bonds. The van der Waals surface area contributed by atoms with E-state index >= 15 is 0 Å². The van der Waals surface area contributed by atoms with Crippen LogP contribution in [0.15, 0.2) is 18.5 Å². The van der Waals surface area contributed by atoms with Gasteiger partial charge in [0.05, 0.1) is 18.0 Å². The maximum Gasteiger partial charge on any atom is 0.415 e. The summed E-state index contributed by atoms with van der Waals surface area (Å²) >= 11 is 6.15. The molecule has 3 aromatic heterocycles. The van der Waals surface area contributed by atoms with E-state index in [1.807, 2.05) is 0 Å². The van der Waals surface area contributed by atoms with E-state index in [9.17, 15) is 4.79 Å². The largest absolute Gasteiger partial charge is 0.443 e. The van der Waals surface area contributed by atoms with Crippen molar-refractivity contribution in [3.05, 3.63) is 23.6 Å². The lowest BCUT2D eigenvalue weighted by Crippen LogP contribution is -2.35. The summed E-state index contributed by atoms with van der Waals surface area (Å²) in [4.78, 5) is 18.0. The monoisotopic (exact) mass is 363 g/mol. The van der Waals surface area contributed by atoms with Crippen LogP contribution < -0.4 is 4.90 Å². The molecule has 3 heterocycles. The molecule has 10 heteroatoms. The number of nitrogens with zero attached hydrogens (tertiary/aromatic N) is 7. The molecule has 0 N–H and O–H groups in total.